The molecule has 1 aromatic rings. The molecule has 0 aliphatic rings. The Morgan fingerprint density at radius 1 is 1.37 bits per heavy atom. The van der Waals surface area contributed by atoms with Gasteiger partial charge in [0.2, 0.25) is 0 Å². The Labute approximate surface area is 111 Å². The second-order valence-electron chi connectivity index (χ2n) is 4.21. The van der Waals surface area contributed by atoms with E-state index in [1.807, 2.05) is 31.2 Å². The molecule has 4 N–H and O–H groups in total. The van der Waals surface area contributed by atoms with Crippen LogP contribution in [0.25, 0.3) is 0 Å². The lowest BCUT2D eigenvalue weighted by Crippen LogP contribution is -2.48. The number of aliphatic carboxylic acids is 1. The number of benzene rings is 1. The maximum Gasteiger partial charge on any atom is 0.328 e. The Morgan fingerprint density at radius 2 is 2.11 bits per heavy atom. The van der Waals surface area contributed by atoms with Crippen molar-refractivity contribution in [2.24, 2.45) is 0 Å². The molecule has 6 heteroatoms. The molecule has 0 spiro atoms. The zero-order valence-corrected chi connectivity index (χ0v) is 10.7. The Hall–Kier alpha value is -2.08. The van der Waals surface area contributed by atoms with Crippen LogP contribution in [0, 0.1) is 6.92 Å². The first-order valence-electron chi connectivity index (χ1n) is 5.96. The molecular weight excluding hydrogens is 248 g/mol. The number of carboxylic acids is 1. The molecule has 0 saturated carbocycles. The molecule has 0 fully saturated rings. The van der Waals surface area contributed by atoms with Crippen LogP contribution in [0.2, 0.25) is 0 Å². The van der Waals surface area contributed by atoms with Crippen LogP contribution in [0.15, 0.2) is 24.3 Å². The second kappa shape index (κ2) is 7.38. The number of aryl methyl sites for hydroxylation is 1. The molecule has 1 rings (SSSR count). The number of aliphatic hydroxyl groups is 1. The maximum absolute atomic E-state index is 11.4. The highest BCUT2D eigenvalue weighted by Gasteiger charge is 2.17. The average Bonchev–Trinajstić information content (AvgIpc) is 2.35. The van der Waals surface area contributed by atoms with Crippen molar-refractivity contribution in [2.45, 2.75) is 19.4 Å². The first-order valence-corrected chi connectivity index (χ1v) is 5.96. The minimum atomic E-state index is -1.28. The van der Waals surface area contributed by atoms with E-state index in [1.54, 1.807) is 0 Å². The molecule has 1 aromatic carbocycles. The molecular formula is C13H18N2O4. The standard InChI is InChI=1S/C13H18N2O4/c1-9-3-2-4-10(7-9)5-6-14-13(19)15-11(8-16)12(17)18/h2-4,7,11,16H,5-6,8H2,1H3,(H,17,18)(H2,14,15,19). The molecule has 1 unspecified atom stereocenters. The van der Waals surface area contributed by atoms with Crippen LogP contribution >= 0.6 is 0 Å². The molecule has 0 bridgehead atoms. The molecule has 0 heterocycles. The topological polar surface area (TPSA) is 98.7 Å². The summed E-state index contributed by atoms with van der Waals surface area (Å²) < 4.78 is 0. The monoisotopic (exact) mass is 266 g/mol. The molecule has 0 saturated heterocycles. The highest BCUT2D eigenvalue weighted by molar-refractivity contribution is 5.82. The van der Waals surface area contributed by atoms with Crippen molar-refractivity contribution in [3.8, 4) is 0 Å². The maximum atomic E-state index is 11.4. The third-order valence-electron chi connectivity index (χ3n) is 2.57. The van der Waals surface area contributed by atoms with Gasteiger partial charge in [0.15, 0.2) is 6.04 Å². The highest BCUT2D eigenvalue weighted by atomic mass is 16.4. The van der Waals surface area contributed by atoms with E-state index in [9.17, 15) is 9.59 Å². The molecule has 1 atom stereocenters. The molecule has 6 nitrogen and oxygen atoms in total. The van der Waals surface area contributed by atoms with Gasteiger partial charge in [-0.05, 0) is 18.9 Å². The van der Waals surface area contributed by atoms with Crippen LogP contribution in [-0.2, 0) is 11.2 Å². The predicted molar refractivity (Wildman–Crippen MR) is 69.9 cm³/mol. The van der Waals surface area contributed by atoms with Crippen LogP contribution < -0.4 is 10.6 Å². The van der Waals surface area contributed by atoms with Gasteiger partial charge in [-0.25, -0.2) is 9.59 Å². The van der Waals surface area contributed by atoms with E-state index in [-0.39, 0.29) is 0 Å². The summed E-state index contributed by atoms with van der Waals surface area (Å²) in [6, 6.07) is 6.03. The lowest BCUT2D eigenvalue weighted by atomic mass is 10.1. The third-order valence-corrected chi connectivity index (χ3v) is 2.57. The number of carbonyl (C=O) groups excluding carboxylic acids is 1. The minimum Gasteiger partial charge on any atom is -0.480 e. The Kier molecular flexibility index (Phi) is 5.81. The van der Waals surface area contributed by atoms with Crippen molar-refractivity contribution >= 4 is 12.0 Å². The second-order valence-corrected chi connectivity index (χ2v) is 4.21. The van der Waals surface area contributed by atoms with Gasteiger partial charge in [-0.2, -0.15) is 0 Å². The van der Waals surface area contributed by atoms with Gasteiger partial charge in [0.25, 0.3) is 0 Å². The molecule has 2 amide bonds. The van der Waals surface area contributed by atoms with Crippen molar-refractivity contribution in [2.75, 3.05) is 13.2 Å². The van der Waals surface area contributed by atoms with E-state index in [1.165, 1.54) is 0 Å². The van der Waals surface area contributed by atoms with Crippen molar-refractivity contribution in [3.05, 3.63) is 35.4 Å². The van der Waals surface area contributed by atoms with Crippen LogP contribution in [0.4, 0.5) is 4.79 Å². The van der Waals surface area contributed by atoms with Crippen LogP contribution in [0.1, 0.15) is 11.1 Å². The van der Waals surface area contributed by atoms with Crippen LogP contribution in [0.3, 0.4) is 0 Å². The Morgan fingerprint density at radius 3 is 2.68 bits per heavy atom. The Balaban J connectivity index is 2.33. The molecule has 19 heavy (non-hydrogen) atoms. The van der Waals surface area contributed by atoms with Gasteiger partial charge < -0.3 is 20.8 Å². The number of hydrogen-bond acceptors (Lipinski definition) is 3. The predicted octanol–water partition coefficient (Wildman–Crippen LogP) is 0.282. The van der Waals surface area contributed by atoms with Gasteiger partial charge in [0, 0.05) is 6.54 Å². The minimum absolute atomic E-state index is 0.396. The zero-order chi connectivity index (χ0) is 14.3. The summed E-state index contributed by atoms with van der Waals surface area (Å²) >= 11 is 0. The molecule has 0 aliphatic heterocycles. The fourth-order valence-corrected chi connectivity index (χ4v) is 1.58. The first kappa shape index (κ1) is 15.0. The number of carbonyl (C=O) groups is 2. The highest BCUT2D eigenvalue weighted by Crippen LogP contribution is 2.03. The summed E-state index contributed by atoms with van der Waals surface area (Å²) in [5.41, 5.74) is 2.24. The molecule has 104 valence electrons. The summed E-state index contributed by atoms with van der Waals surface area (Å²) in [5.74, 6) is -1.27. The molecule has 0 aromatic heterocycles. The Bertz CT molecular complexity index is 448. The summed E-state index contributed by atoms with van der Waals surface area (Å²) in [6.45, 7) is 1.75. The van der Waals surface area contributed by atoms with E-state index in [0.29, 0.717) is 13.0 Å². The van der Waals surface area contributed by atoms with Gasteiger partial charge in [0.1, 0.15) is 0 Å². The van der Waals surface area contributed by atoms with Gasteiger partial charge in [-0.3, -0.25) is 0 Å². The SMILES string of the molecule is Cc1cccc(CCNC(=O)NC(CO)C(=O)O)c1. The van der Waals surface area contributed by atoms with E-state index >= 15 is 0 Å². The van der Waals surface area contributed by atoms with E-state index in [0.717, 1.165) is 11.1 Å². The van der Waals surface area contributed by atoms with Gasteiger partial charge in [0.05, 0.1) is 6.61 Å². The lowest BCUT2D eigenvalue weighted by Gasteiger charge is -2.12. The fraction of sp³-hybridized carbons (Fsp3) is 0.385. The van der Waals surface area contributed by atoms with Gasteiger partial charge >= 0.3 is 12.0 Å². The van der Waals surface area contributed by atoms with Crippen molar-refractivity contribution < 1.29 is 19.8 Å². The number of carboxylic acid groups (broad SMARTS) is 1. The number of nitrogens with one attached hydrogen (secondary N) is 2. The quantitative estimate of drug-likeness (QED) is 0.594. The fourth-order valence-electron chi connectivity index (χ4n) is 1.58. The number of hydrogen-bond donors (Lipinski definition) is 4. The summed E-state index contributed by atoms with van der Waals surface area (Å²) in [7, 11) is 0. The smallest absolute Gasteiger partial charge is 0.328 e. The average molecular weight is 266 g/mol. The van der Waals surface area contributed by atoms with Crippen molar-refractivity contribution in [1.29, 1.82) is 0 Å². The number of aliphatic hydroxyl groups excluding tert-OH is 1. The number of amides is 2. The number of rotatable bonds is 6. The van der Waals surface area contributed by atoms with Gasteiger partial charge in [-0.15, -0.1) is 0 Å². The summed E-state index contributed by atoms with van der Waals surface area (Å²) in [5, 5.41) is 22.1. The largest absolute Gasteiger partial charge is 0.480 e. The third kappa shape index (κ3) is 5.39. The first-order chi connectivity index (χ1) is 9.02. The van der Waals surface area contributed by atoms with E-state index < -0.39 is 24.6 Å². The number of urea groups is 1. The normalized spacial score (nSPS) is 11.7. The zero-order valence-electron chi connectivity index (χ0n) is 10.7. The molecule has 0 radical (unpaired) electrons. The van der Waals surface area contributed by atoms with E-state index in [2.05, 4.69) is 10.6 Å². The van der Waals surface area contributed by atoms with Gasteiger partial charge in [-0.1, -0.05) is 29.8 Å². The lowest BCUT2D eigenvalue weighted by molar-refractivity contribution is -0.140. The summed E-state index contributed by atoms with van der Waals surface area (Å²) in [6.07, 6.45) is 0.659. The van der Waals surface area contributed by atoms with Crippen molar-refractivity contribution in [1.82, 2.24) is 10.6 Å². The van der Waals surface area contributed by atoms with Crippen LogP contribution in [-0.4, -0.2) is 41.4 Å². The molecule has 0 aliphatic carbocycles. The van der Waals surface area contributed by atoms with Crippen LogP contribution in [0.5, 0.6) is 0 Å². The summed E-state index contributed by atoms with van der Waals surface area (Å²) in [4.78, 5) is 22.0. The van der Waals surface area contributed by atoms with E-state index in [4.69, 9.17) is 10.2 Å². The van der Waals surface area contributed by atoms with Crippen molar-refractivity contribution in [3.63, 3.8) is 0 Å².